The largest absolute Gasteiger partial charge is 0.281 e. The number of rotatable bonds is 3. The molecular weight excluding hydrogens is 338 g/mol. The van der Waals surface area contributed by atoms with Gasteiger partial charge in [0.15, 0.2) is 11.6 Å². The van der Waals surface area contributed by atoms with Crippen LogP contribution in [-0.4, -0.2) is 9.55 Å². The molecular formula is C13H12BrClF2N2. The molecule has 2 aromatic rings. The van der Waals surface area contributed by atoms with Crippen LogP contribution in [0.2, 0.25) is 5.15 Å². The molecule has 0 unspecified atom stereocenters. The highest BCUT2D eigenvalue weighted by Crippen LogP contribution is 2.29. The molecule has 0 fully saturated rings. The molecule has 1 heterocycles. The van der Waals surface area contributed by atoms with E-state index >= 15 is 0 Å². The van der Waals surface area contributed by atoms with E-state index in [2.05, 4.69) is 20.9 Å². The Morgan fingerprint density at radius 3 is 2.26 bits per heavy atom. The molecule has 0 bridgehead atoms. The highest BCUT2D eigenvalue weighted by atomic mass is 79.9. The number of hydrogen-bond donors (Lipinski definition) is 0. The van der Waals surface area contributed by atoms with Crippen molar-refractivity contribution in [2.75, 3.05) is 0 Å². The molecule has 0 aliphatic rings. The Labute approximate surface area is 123 Å². The summed E-state index contributed by atoms with van der Waals surface area (Å²) in [7, 11) is 0. The molecule has 1 aromatic carbocycles. The van der Waals surface area contributed by atoms with Crippen LogP contribution in [0.5, 0.6) is 0 Å². The normalized spacial score (nSPS) is 11.1. The first kappa shape index (κ1) is 14.5. The van der Waals surface area contributed by atoms with Gasteiger partial charge in [0.1, 0.15) is 16.7 Å². The smallest absolute Gasteiger partial charge is 0.151 e. The molecule has 0 spiro atoms. The van der Waals surface area contributed by atoms with Crippen molar-refractivity contribution in [2.24, 2.45) is 0 Å². The van der Waals surface area contributed by atoms with Gasteiger partial charge < -0.3 is 0 Å². The van der Waals surface area contributed by atoms with Gasteiger partial charge in [-0.15, -0.1) is 0 Å². The predicted octanol–water partition coefficient (Wildman–Crippen LogP) is 4.69. The van der Waals surface area contributed by atoms with Crippen molar-refractivity contribution >= 4 is 27.5 Å². The van der Waals surface area contributed by atoms with E-state index in [0.717, 1.165) is 0 Å². The fourth-order valence-corrected chi connectivity index (χ4v) is 2.69. The van der Waals surface area contributed by atoms with Gasteiger partial charge in [-0.1, -0.05) is 41.4 Å². The minimum Gasteiger partial charge on any atom is -0.281 e. The van der Waals surface area contributed by atoms with Gasteiger partial charge in [0.25, 0.3) is 0 Å². The molecule has 0 radical (unpaired) electrons. The van der Waals surface area contributed by atoms with Gasteiger partial charge in [-0.05, 0) is 18.6 Å². The Balaban J connectivity index is 2.75. The van der Waals surface area contributed by atoms with Crippen LogP contribution in [0.15, 0.2) is 16.6 Å². The van der Waals surface area contributed by atoms with Crippen LogP contribution in [0.25, 0.3) is 5.69 Å². The molecule has 2 nitrogen and oxygen atoms in total. The maximum absolute atomic E-state index is 14.0. The third-order valence-electron chi connectivity index (χ3n) is 2.81. The van der Waals surface area contributed by atoms with Crippen molar-refractivity contribution < 1.29 is 8.78 Å². The van der Waals surface area contributed by atoms with Gasteiger partial charge in [-0.2, -0.15) is 0 Å². The second-order valence-corrected chi connectivity index (χ2v) is 5.30. The van der Waals surface area contributed by atoms with Gasteiger partial charge in [0.2, 0.25) is 0 Å². The van der Waals surface area contributed by atoms with Crippen LogP contribution in [0.1, 0.15) is 25.4 Å². The highest BCUT2D eigenvalue weighted by molar-refractivity contribution is 9.10. The van der Waals surface area contributed by atoms with Crippen molar-refractivity contribution in [1.29, 1.82) is 0 Å². The van der Waals surface area contributed by atoms with Gasteiger partial charge in [0, 0.05) is 10.9 Å². The third-order valence-corrected chi connectivity index (χ3v) is 3.66. The van der Waals surface area contributed by atoms with Gasteiger partial charge in [-0.25, -0.2) is 13.8 Å². The quantitative estimate of drug-likeness (QED) is 0.786. The second-order valence-electron chi connectivity index (χ2n) is 4.03. The van der Waals surface area contributed by atoms with Gasteiger partial charge in [-0.3, -0.25) is 4.57 Å². The van der Waals surface area contributed by atoms with Crippen LogP contribution in [-0.2, 0) is 12.8 Å². The van der Waals surface area contributed by atoms with Crippen molar-refractivity contribution in [3.8, 4) is 5.69 Å². The van der Waals surface area contributed by atoms with Crippen molar-refractivity contribution in [2.45, 2.75) is 26.7 Å². The SMILES string of the molecule is CCc1nc(CC)n(-c2c(F)cc(Br)cc2F)c1Cl. The molecule has 0 aliphatic carbocycles. The van der Waals surface area contributed by atoms with E-state index < -0.39 is 11.6 Å². The van der Waals surface area contributed by atoms with Gasteiger partial charge >= 0.3 is 0 Å². The lowest BCUT2D eigenvalue weighted by atomic mass is 10.2. The van der Waals surface area contributed by atoms with E-state index in [-0.39, 0.29) is 10.8 Å². The van der Waals surface area contributed by atoms with Crippen molar-refractivity contribution in [3.05, 3.63) is 44.9 Å². The van der Waals surface area contributed by atoms with E-state index in [1.54, 1.807) is 0 Å². The predicted molar refractivity (Wildman–Crippen MR) is 74.9 cm³/mol. The van der Waals surface area contributed by atoms with Crippen LogP contribution in [0, 0.1) is 11.6 Å². The van der Waals surface area contributed by atoms with E-state index in [1.165, 1.54) is 16.7 Å². The highest BCUT2D eigenvalue weighted by Gasteiger charge is 2.21. The molecule has 0 N–H and O–H groups in total. The lowest BCUT2D eigenvalue weighted by Crippen LogP contribution is -2.06. The Morgan fingerprint density at radius 2 is 1.79 bits per heavy atom. The molecule has 102 valence electrons. The van der Waals surface area contributed by atoms with E-state index in [9.17, 15) is 8.78 Å². The maximum Gasteiger partial charge on any atom is 0.151 e. The molecule has 2 rings (SSSR count). The fraction of sp³-hybridized carbons (Fsp3) is 0.308. The first-order chi connectivity index (χ1) is 8.99. The van der Waals surface area contributed by atoms with E-state index in [4.69, 9.17) is 11.6 Å². The number of hydrogen-bond acceptors (Lipinski definition) is 1. The lowest BCUT2D eigenvalue weighted by molar-refractivity contribution is 0.564. The number of imidazole rings is 1. The summed E-state index contributed by atoms with van der Waals surface area (Å²) in [6.07, 6.45) is 1.15. The zero-order valence-corrected chi connectivity index (χ0v) is 12.8. The number of aryl methyl sites for hydroxylation is 2. The van der Waals surface area contributed by atoms with Crippen LogP contribution < -0.4 is 0 Å². The molecule has 0 atom stereocenters. The Bertz CT molecular complexity index is 602. The average molecular weight is 350 g/mol. The third kappa shape index (κ3) is 2.54. The van der Waals surface area contributed by atoms with Crippen LogP contribution in [0.4, 0.5) is 8.78 Å². The minimum atomic E-state index is -0.677. The molecule has 1 aromatic heterocycles. The molecule has 0 aliphatic heterocycles. The van der Waals surface area contributed by atoms with Crippen molar-refractivity contribution in [3.63, 3.8) is 0 Å². The number of halogens is 4. The number of aromatic nitrogens is 2. The zero-order valence-electron chi connectivity index (χ0n) is 10.5. The van der Waals surface area contributed by atoms with E-state index in [1.807, 2.05) is 13.8 Å². The zero-order chi connectivity index (χ0) is 14.2. The summed E-state index contributed by atoms with van der Waals surface area (Å²) in [6.45, 7) is 3.76. The number of nitrogens with zero attached hydrogens (tertiary/aromatic N) is 2. The van der Waals surface area contributed by atoms with Crippen LogP contribution in [0.3, 0.4) is 0 Å². The van der Waals surface area contributed by atoms with E-state index in [0.29, 0.717) is 28.8 Å². The number of benzene rings is 1. The molecule has 6 heteroatoms. The molecule has 0 saturated carbocycles. The maximum atomic E-state index is 14.0. The minimum absolute atomic E-state index is 0.183. The first-order valence-electron chi connectivity index (χ1n) is 5.90. The molecule has 0 saturated heterocycles. The summed E-state index contributed by atoms with van der Waals surface area (Å²) < 4.78 is 29.7. The van der Waals surface area contributed by atoms with Crippen molar-refractivity contribution in [1.82, 2.24) is 9.55 Å². The Morgan fingerprint density at radius 1 is 1.21 bits per heavy atom. The lowest BCUT2D eigenvalue weighted by Gasteiger charge is -2.11. The second kappa shape index (κ2) is 5.59. The topological polar surface area (TPSA) is 17.8 Å². The monoisotopic (exact) mass is 348 g/mol. The summed E-state index contributed by atoms with van der Waals surface area (Å²) in [4.78, 5) is 4.31. The molecule has 0 amide bonds. The Kier molecular flexibility index (Phi) is 4.26. The van der Waals surface area contributed by atoms with Crippen LogP contribution >= 0.6 is 27.5 Å². The summed E-state index contributed by atoms with van der Waals surface area (Å²) in [5.74, 6) is -0.811. The summed E-state index contributed by atoms with van der Waals surface area (Å²) in [6, 6.07) is 2.42. The fourth-order valence-electron chi connectivity index (χ4n) is 1.93. The first-order valence-corrected chi connectivity index (χ1v) is 7.07. The Hall–Kier alpha value is -0.940. The summed E-state index contributed by atoms with van der Waals surface area (Å²) >= 11 is 9.24. The molecule has 19 heavy (non-hydrogen) atoms. The standard InChI is InChI=1S/C13H12BrClF2N2/c1-3-10-13(15)19(11(4-2)18-10)12-8(16)5-7(14)6-9(12)17/h5-6H,3-4H2,1-2H3. The summed E-state index contributed by atoms with van der Waals surface area (Å²) in [5, 5.41) is 0.263. The average Bonchev–Trinajstić information content (AvgIpc) is 2.65. The van der Waals surface area contributed by atoms with Gasteiger partial charge in [0.05, 0.1) is 5.69 Å². The summed E-state index contributed by atoms with van der Waals surface area (Å²) in [5.41, 5.74) is 0.456.